The Balaban J connectivity index is 0.00000320. The van der Waals surface area contributed by atoms with E-state index in [9.17, 15) is 4.79 Å². The molecule has 0 spiro atoms. The quantitative estimate of drug-likeness (QED) is 0.247. The second-order valence-corrected chi connectivity index (χ2v) is 7.06. The van der Waals surface area contributed by atoms with E-state index in [1.165, 1.54) is 5.56 Å². The van der Waals surface area contributed by atoms with E-state index in [0.717, 1.165) is 44.2 Å². The van der Waals surface area contributed by atoms with Crippen LogP contribution in [0.5, 0.6) is 0 Å². The van der Waals surface area contributed by atoms with Crippen LogP contribution in [0, 0.1) is 0 Å². The summed E-state index contributed by atoms with van der Waals surface area (Å²) in [5.74, 6) is 0.830. The highest BCUT2D eigenvalue weighted by atomic mass is 127. The highest BCUT2D eigenvalue weighted by molar-refractivity contribution is 14.0. The van der Waals surface area contributed by atoms with Gasteiger partial charge in [-0.25, -0.2) is 0 Å². The van der Waals surface area contributed by atoms with Gasteiger partial charge in [0.15, 0.2) is 5.96 Å². The highest BCUT2D eigenvalue weighted by Crippen LogP contribution is 2.16. The SMILES string of the molecule is CN=C(NCCCCOCc1ccccc1)N1CCN(c2cnn(C)c2)C(=O)C1.I. The van der Waals surface area contributed by atoms with Gasteiger partial charge in [-0.1, -0.05) is 30.3 Å². The molecule has 1 aromatic carbocycles. The summed E-state index contributed by atoms with van der Waals surface area (Å²) in [6.45, 7) is 3.86. The second kappa shape index (κ2) is 12.5. The van der Waals surface area contributed by atoms with Crippen LogP contribution in [0.2, 0.25) is 0 Å². The molecule has 1 fully saturated rings. The zero-order valence-electron chi connectivity index (χ0n) is 17.7. The van der Waals surface area contributed by atoms with Crippen LogP contribution in [0.4, 0.5) is 5.69 Å². The van der Waals surface area contributed by atoms with E-state index in [1.54, 1.807) is 22.8 Å². The number of carbonyl (C=O) groups excluding carboxylic acids is 1. The number of guanidine groups is 1. The third-order valence-corrected chi connectivity index (χ3v) is 4.85. The molecule has 30 heavy (non-hydrogen) atoms. The minimum absolute atomic E-state index is 0. The molecule has 1 saturated heterocycles. The average molecular weight is 526 g/mol. The number of hydrogen-bond donors (Lipinski definition) is 1. The standard InChI is InChI=1S/C21H30N6O2.HI/c1-22-21(23-10-6-7-13-29-17-18-8-4-3-5-9-18)26-11-12-27(20(28)16-26)19-14-24-25(2)15-19;/h3-5,8-9,14-15H,6-7,10-13,16-17H2,1-2H3,(H,22,23);1H. The van der Waals surface area contributed by atoms with Gasteiger partial charge in [-0.05, 0) is 18.4 Å². The molecule has 1 aliphatic heterocycles. The lowest BCUT2D eigenvalue weighted by atomic mass is 10.2. The highest BCUT2D eigenvalue weighted by Gasteiger charge is 2.27. The van der Waals surface area contributed by atoms with Gasteiger partial charge in [-0.2, -0.15) is 5.10 Å². The van der Waals surface area contributed by atoms with Crippen LogP contribution in [-0.4, -0.2) is 66.4 Å². The van der Waals surface area contributed by atoms with Crippen molar-refractivity contribution in [1.29, 1.82) is 0 Å². The number of anilines is 1. The van der Waals surface area contributed by atoms with E-state index < -0.39 is 0 Å². The Morgan fingerprint density at radius 2 is 2.03 bits per heavy atom. The molecule has 9 heteroatoms. The summed E-state index contributed by atoms with van der Waals surface area (Å²) in [4.78, 5) is 20.7. The summed E-state index contributed by atoms with van der Waals surface area (Å²) in [7, 11) is 3.60. The van der Waals surface area contributed by atoms with Gasteiger partial charge in [-0.15, -0.1) is 24.0 Å². The summed E-state index contributed by atoms with van der Waals surface area (Å²) in [5, 5.41) is 7.51. The van der Waals surface area contributed by atoms with E-state index in [2.05, 4.69) is 27.5 Å². The Morgan fingerprint density at radius 1 is 1.23 bits per heavy atom. The number of nitrogens with zero attached hydrogens (tertiary/aromatic N) is 5. The van der Waals surface area contributed by atoms with Crippen LogP contribution in [0.3, 0.4) is 0 Å². The number of aliphatic imine (C=N–C) groups is 1. The van der Waals surface area contributed by atoms with E-state index in [0.29, 0.717) is 19.7 Å². The first-order valence-electron chi connectivity index (χ1n) is 10.0. The number of aryl methyl sites for hydroxylation is 1. The van der Waals surface area contributed by atoms with Crippen molar-refractivity contribution in [1.82, 2.24) is 20.0 Å². The smallest absolute Gasteiger partial charge is 0.246 e. The van der Waals surface area contributed by atoms with Crippen LogP contribution in [0.15, 0.2) is 47.7 Å². The molecule has 0 atom stereocenters. The summed E-state index contributed by atoms with van der Waals surface area (Å²) >= 11 is 0. The summed E-state index contributed by atoms with van der Waals surface area (Å²) in [6, 6.07) is 10.2. The number of ether oxygens (including phenoxy) is 1. The van der Waals surface area contributed by atoms with Crippen LogP contribution < -0.4 is 10.2 Å². The molecule has 8 nitrogen and oxygen atoms in total. The molecule has 0 bridgehead atoms. The molecule has 0 saturated carbocycles. The van der Waals surface area contributed by atoms with Gasteiger partial charge in [-0.3, -0.25) is 14.5 Å². The van der Waals surface area contributed by atoms with Gasteiger partial charge in [0.05, 0.1) is 18.5 Å². The number of carbonyl (C=O) groups is 1. The summed E-state index contributed by atoms with van der Waals surface area (Å²) < 4.78 is 7.42. The zero-order valence-corrected chi connectivity index (χ0v) is 20.0. The summed E-state index contributed by atoms with van der Waals surface area (Å²) in [6.07, 6.45) is 5.54. The maximum Gasteiger partial charge on any atom is 0.246 e. The monoisotopic (exact) mass is 526 g/mol. The van der Waals surface area contributed by atoms with Crippen molar-refractivity contribution in [2.75, 3.05) is 44.7 Å². The maximum absolute atomic E-state index is 12.5. The Labute approximate surface area is 195 Å². The fourth-order valence-electron chi connectivity index (χ4n) is 3.30. The van der Waals surface area contributed by atoms with E-state index >= 15 is 0 Å². The lowest BCUT2D eigenvalue weighted by Crippen LogP contribution is -2.55. The Kier molecular flexibility index (Phi) is 10.1. The largest absolute Gasteiger partial charge is 0.377 e. The molecule has 3 rings (SSSR count). The van der Waals surface area contributed by atoms with E-state index in [-0.39, 0.29) is 29.9 Å². The van der Waals surface area contributed by atoms with Crippen molar-refractivity contribution < 1.29 is 9.53 Å². The first kappa shape index (κ1) is 24.1. The molecule has 0 unspecified atom stereocenters. The maximum atomic E-state index is 12.5. The first-order valence-corrected chi connectivity index (χ1v) is 10.0. The van der Waals surface area contributed by atoms with Gasteiger partial charge in [0.2, 0.25) is 5.91 Å². The van der Waals surface area contributed by atoms with Crippen molar-refractivity contribution in [3.05, 3.63) is 48.3 Å². The predicted molar refractivity (Wildman–Crippen MR) is 129 cm³/mol. The Bertz CT molecular complexity index is 811. The van der Waals surface area contributed by atoms with Gasteiger partial charge < -0.3 is 19.9 Å². The number of aromatic nitrogens is 2. The van der Waals surface area contributed by atoms with Gasteiger partial charge in [0.1, 0.15) is 6.54 Å². The third-order valence-electron chi connectivity index (χ3n) is 4.85. The molecule has 1 amide bonds. The molecule has 1 N–H and O–H groups in total. The number of halogens is 1. The van der Waals surface area contributed by atoms with Crippen molar-refractivity contribution in [3.8, 4) is 0 Å². The lowest BCUT2D eigenvalue weighted by molar-refractivity contribution is -0.120. The fraction of sp³-hybridized carbons (Fsp3) is 0.476. The van der Waals surface area contributed by atoms with Gasteiger partial charge in [0, 0.05) is 46.5 Å². The predicted octanol–water partition coefficient (Wildman–Crippen LogP) is 2.26. The zero-order chi connectivity index (χ0) is 20.5. The molecule has 1 aromatic heterocycles. The van der Waals surface area contributed by atoms with Crippen LogP contribution in [-0.2, 0) is 23.2 Å². The number of rotatable bonds is 8. The first-order chi connectivity index (χ1) is 14.2. The van der Waals surface area contributed by atoms with Crippen LogP contribution in [0.1, 0.15) is 18.4 Å². The molecule has 0 radical (unpaired) electrons. The van der Waals surface area contributed by atoms with Gasteiger partial charge in [0.25, 0.3) is 0 Å². The molecule has 164 valence electrons. The van der Waals surface area contributed by atoms with E-state index in [4.69, 9.17) is 4.74 Å². The second-order valence-electron chi connectivity index (χ2n) is 7.06. The van der Waals surface area contributed by atoms with Crippen molar-refractivity contribution in [2.45, 2.75) is 19.4 Å². The number of hydrogen-bond acceptors (Lipinski definition) is 4. The fourth-order valence-corrected chi connectivity index (χ4v) is 3.30. The number of piperazine rings is 1. The van der Waals surface area contributed by atoms with Crippen molar-refractivity contribution >= 4 is 41.5 Å². The molecule has 1 aliphatic rings. The normalized spacial score (nSPS) is 14.6. The van der Waals surface area contributed by atoms with E-state index in [1.807, 2.05) is 36.3 Å². The topological polar surface area (TPSA) is 75.0 Å². The molecule has 2 heterocycles. The lowest BCUT2D eigenvalue weighted by Gasteiger charge is -2.35. The molecular formula is C21H31IN6O2. The number of unbranched alkanes of at least 4 members (excludes halogenated alkanes) is 1. The average Bonchev–Trinajstić information content (AvgIpc) is 3.17. The Morgan fingerprint density at radius 3 is 2.70 bits per heavy atom. The van der Waals surface area contributed by atoms with Crippen molar-refractivity contribution in [2.24, 2.45) is 12.0 Å². The number of benzene rings is 1. The molecule has 0 aliphatic carbocycles. The number of amides is 1. The van der Waals surface area contributed by atoms with Crippen molar-refractivity contribution in [3.63, 3.8) is 0 Å². The molecular weight excluding hydrogens is 495 g/mol. The minimum Gasteiger partial charge on any atom is -0.377 e. The van der Waals surface area contributed by atoms with Crippen LogP contribution in [0.25, 0.3) is 0 Å². The third kappa shape index (κ3) is 6.98. The summed E-state index contributed by atoms with van der Waals surface area (Å²) in [5.41, 5.74) is 2.04. The number of nitrogens with one attached hydrogen (secondary N) is 1. The van der Waals surface area contributed by atoms with Gasteiger partial charge >= 0.3 is 0 Å². The van der Waals surface area contributed by atoms with Crippen LogP contribution >= 0.6 is 24.0 Å². The minimum atomic E-state index is 0. The molecule has 2 aromatic rings. The Hall–Kier alpha value is -2.14.